The molecule has 0 radical (unpaired) electrons. The monoisotopic (exact) mass is 238 g/mol. The summed E-state index contributed by atoms with van der Waals surface area (Å²) < 4.78 is 0. The summed E-state index contributed by atoms with van der Waals surface area (Å²) in [7, 11) is 0. The smallest absolute Gasteiger partial charge is 0.123 e. The van der Waals surface area contributed by atoms with E-state index >= 15 is 0 Å². The van der Waals surface area contributed by atoms with E-state index in [0.717, 1.165) is 23.3 Å². The highest BCUT2D eigenvalue weighted by molar-refractivity contribution is 7.99. The summed E-state index contributed by atoms with van der Waals surface area (Å²) in [6.07, 6.45) is 1.06. The van der Waals surface area contributed by atoms with Gasteiger partial charge in [-0.05, 0) is 30.6 Å². The van der Waals surface area contributed by atoms with Gasteiger partial charge in [-0.2, -0.15) is 11.8 Å². The number of thioether (sulfide) groups is 1. The van der Waals surface area contributed by atoms with Gasteiger partial charge in [0.15, 0.2) is 0 Å². The topological polar surface area (TPSA) is 20.2 Å². The van der Waals surface area contributed by atoms with Crippen LogP contribution in [0.1, 0.15) is 56.4 Å². The van der Waals surface area contributed by atoms with Gasteiger partial charge in [0.1, 0.15) is 5.75 Å². The Labute approximate surface area is 103 Å². The van der Waals surface area contributed by atoms with Crippen LogP contribution in [0.5, 0.6) is 5.75 Å². The van der Waals surface area contributed by atoms with E-state index < -0.39 is 0 Å². The molecule has 1 aromatic carbocycles. The molecule has 1 N–H and O–H groups in total. The number of hydrogen-bond acceptors (Lipinski definition) is 2. The van der Waals surface area contributed by atoms with Gasteiger partial charge in [-0.3, -0.25) is 0 Å². The first-order valence-electron chi connectivity index (χ1n) is 6.05. The third-order valence-electron chi connectivity index (χ3n) is 3.10. The Morgan fingerprint density at radius 2 is 1.81 bits per heavy atom. The number of phenols is 1. The van der Waals surface area contributed by atoms with E-state index in [1.165, 1.54) is 0 Å². The maximum absolute atomic E-state index is 10.3. The van der Waals surface area contributed by atoms with E-state index in [0.29, 0.717) is 16.9 Å². The molecule has 0 unspecified atom stereocenters. The lowest BCUT2D eigenvalue weighted by molar-refractivity contribution is 0.455. The van der Waals surface area contributed by atoms with Crippen molar-refractivity contribution in [3.63, 3.8) is 0 Å². The predicted molar refractivity (Wildman–Crippen MR) is 73.4 cm³/mol. The molecule has 16 heavy (non-hydrogen) atoms. The first-order chi connectivity index (χ1) is 7.61. The third-order valence-corrected chi connectivity index (χ3v) is 4.18. The zero-order valence-electron chi connectivity index (χ0n) is 10.7. The molecule has 0 aliphatic carbocycles. The minimum Gasteiger partial charge on any atom is -0.507 e. The van der Waals surface area contributed by atoms with Gasteiger partial charge in [-0.15, -0.1) is 0 Å². The van der Waals surface area contributed by atoms with Gasteiger partial charge in [0, 0.05) is 10.8 Å². The molecule has 0 aliphatic heterocycles. The second-order valence-corrected chi connectivity index (χ2v) is 5.81. The van der Waals surface area contributed by atoms with Crippen molar-refractivity contribution in [3.05, 3.63) is 29.3 Å². The van der Waals surface area contributed by atoms with E-state index in [2.05, 4.69) is 33.8 Å². The van der Waals surface area contributed by atoms with Gasteiger partial charge in [-0.1, -0.05) is 39.0 Å². The molecule has 0 fully saturated rings. The number of phenolic OH excluding ortho intramolecular Hbond substituents is 1. The Hall–Kier alpha value is -0.630. The van der Waals surface area contributed by atoms with Crippen LogP contribution < -0.4 is 0 Å². The fraction of sp³-hybridized carbons (Fsp3) is 0.571. The number of aromatic hydroxyl groups is 1. The summed E-state index contributed by atoms with van der Waals surface area (Å²) >= 11 is 1.87. The van der Waals surface area contributed by atoms with Gasteiger partial charge in [0.25, 0.3) is 0 Å². The summed E-state index contributed by atoms with van der Waals surface area (Å²) in [5.74, 6) is 2.01. The quantitative estimate of drug-likeness (QED) is 0.801. The van der Waals surface area contributed by atoms with Crippen molar-refractivity contribution in [2.24, 2.45) is 0 Å². The minimum absolute atomic E-state index is 0.369. The van der Waals surface area contributed by atoms with Gasteiger partial charge >= 0.3 is 0 Å². The number of rotatable bonds is 5. The molecule has 1 rings (SSSR count). The third kappa shape index (κ3) is 2.94. The molecule has 2 atom stereocenters. The molecule has 0 aromatic heterocycles. The number of hydrogen-bond donors (Lipinski definition) is 1. The van der Waals surface area contributed by atoms with E-state index in [1.807, 2.05) is 23.9 Å². The van der Waals surface area contributed by atoms with Gasteiger partial charge in [0.05, 0.1) is 0 Å². The Balaban J connectivity index is 3.03. The molecule has 1 nitrogen and oxygen atoms in total. The zero-order chi connectivity index (χ0) is 12.1. The van der Waals surface area contributed by atoms with E-state index in [4.69, 9.17) is 0 Å². The second-order valence-electron chi connectivity index (χ2n) is 4.19. The average Bonchev–Trinajstić information content (AvgIpc) is 2.28. The lowest BCUT2D eigenvalue weighted by Gasteiger charge is -2.17. The molecule has 0 bridgehead atoms. The largest absolute Gasteiger partial charge is 0.507 e. The molecule has 0 saturated heterocycles. The molecule has 90 valence electrons. The van der Waals surface area contributed by atoms with Crippen molar-refractivity contribution in [2.75, 3.05) is 5.75 Å². The molecule has 0 saturated carbocycles. The standard InChI is InChI=1S/C14H22OS/c1-5-10(3)12-8-7-9-13(14(12)15)11(4)16-6-2/h7-11,15H,5-6H2,1-4H3/t10-,11+/m0/s1. The van der Waals surface area contributed by atoms with Gasteiger partial charge < -0.3 is 5.11 Å². The maximum atomic E-state index is 10.3. The molecule has 0 spiro atoms. The Kier molecular flexibility index (Phi) is 5.20. The van der Waals surface area contributed by atoms with E-state index in [9.17, 15) is 5.11 Å². The Morgan fingerprint density at radius 1 is 1.19 bits per heavy atom. The molecular weight excluding hydrogens is 216 g/mol. The lowest BCUT2D eigenvalue weighted by atomic mass is 9.95. The molecule has 1 aromatic rings. The molecule has 2 heteroatoms. The van der Waals surface area contributed by atoms with Gasteiger partial charge in [0.2, 0.25) is 0 Å². The Bertz CT molecular complexity index is 336. The van der Waals surface area contributed by atoms with Gasteiger partial charge in [-0.25, -0.2) is 0 Å². The van der Waals surface area contributed by atoms with Crippen LogP contribution in [0.15, 0.2) is 18.2 Å². The van der Waals surface area contributed by atoms with Crippen LogP contribution in [0.3, 0.4) is 0 Å². The van der Waals surface area contributed by atoms with Crippen LogP contribution in [-0.4, -0.2) is 10.9 Å². The average molecular weight is 238 g/mol. The van der Waals surface area contributed by atoms with Crippen LogP contribution >= 0.6 is 11.8 Å². The van der Waals surface area contributed by atoms with Crippen LogP contribution in [-0.2, 0) is 0 Å². The van der Waals surface area contributed by atoms with Crippen molar-refractivity contribution in [2.45, 2.75) is 45.3 Å². The summed E-state index contributed by atoms with van der Waals surface area (Å²) in [4.78, 5) is 0. The van der Waals surface area contributed by atoms with Crippen molar-refractivity contribution < 1.29 is 5.11 Å². The normalized spacial score (nSPS) is 14.8. The number of para-hydroxylation sites is 1. The minimum atomic E-state index is 0.369. The van der Waals surface area contributed by atoms with Crippen LogP contribution in [0.25, 0.3) is 0 Å². The zero-order valence-corrected chi connectivity index (χ0v) is 11.5. The van der Waals surface area contributed by atoms with Crippen LogP contribution in [0, 0.1) is 0 Å². The lowest BCUT2D eigenvalue weighted by Crippen LogP contribution is -1.97. The van der Waals surface area contributed by atoms with E-state index in [1.54, 1.807) is 0 Å². The first-order valence-corrected chi connectivity index (χ1v) is 7.10. The Morgan fingerprint density at radius 3 is 2.38 bits per heavy atom. The summed E-state index contributed by atoms with van der Waals surface area (Å²) in [6, 6.07) is 6.13. The van der Waals surface area contributed by atoms with Crippen LogP contribution in [0.4, 0.5) is 0 Å². The SMILES string of the molecule is CCS[C@H](C)c1cccc([C@@H](C)CC)c1O. The highest BCUT2D eigenvalue weighted by Crippen LogP contribution is 2.38. The first kappa shape index (κ1) is 13.4. The van der Waals surface area contributed by atoms with Crippen molar-refractivity contribution in [3.8, 4) is 5.75 Å². The highest BCUT2D eigenvalue weighted by Gasteiger charge is 2.15. The predicted octanol–water partition coefficient (Wildman–Crippen LogP) is 4.72. The second kappa shape index (κ2) is 6.19. The molecule has 0 amide bonds. The van der Waals surface area contributed by atoms with Crippen molar-refractivity contribution in [1.82, 2.24) is 0 Å². The maximum Gasteiger partial charge on any atom is 0.123 e. The summed E-state index contributed by atoms with van der Waals surface area (Å²) in [6.45, 7) is 8.62. The molecular formula is C14H22OS. The molecule has 0 heterocycles. The fourth-order valence-corrected chi connectivity index (χ4v) is 2.74. The summed E-state index contributed by atoms with van der Waals surface area (Å²) in [5, 5.41) is 10.6. The van der Waals surface area contributed by atoms with Crippen LogP contribution in [0.2, 0.25) is 0 Å². The van der Waals surface area contributed by atoms with E-state index in [-0.39, 0.29) is 0 Å². The van der Waals surface area contributed by atoms with Crippen molar-refractivity contribution in [1.29, 1.82) is 0 Å². The highest BCUT2D eigenvalue weighted by atomic mass is 32.2. The van der Waals surface area contributed by atoms with Crippen molar-refractivity contribution >= 4 is 11.8 Å². The fourth-order valence-electron chi connectivity index (χ4n) is 1.87. The molecule has 0 aliphatic rings. The number of benzene rings is 1. The summed E-state index contributed by atoms with van der Waals surface area (Å²) in [5.41, 5.74) is 2.16.